The van der Waals surface area contributed by atoms with Crippen LogP contribution in [0.1, 0.15) is 5.76 Å². The second-order valence-electron chi connectivity index (χ2n) is 1.82. The topological polar surface area (TPSA) is 85.1 Å². The fraction of sp³-hybridized carbons (Fsp3) is 0.200. The zero-order chi connectivity index (χ0) is 6.85. The molecule has 1 aromatic rings. The van der Waals surface area contributed by atoms with Crippen LogP contribution in [-0.4, -0.2) is 22.6 Å². The second-order valence-corrected chi connectivity index (χ2v) is 1.82. The summed E-state index contributed by atoms with van der Waals surface area (Å²) in [5, 5.41) is 17.0. The zero-order valence-electron chi connectivity index (χ0n) is 5.53. The van der Waals surface area contributed by atoms with E-state index in [2.05, 4.69) is 0 Å². The molecule has 5 heteroatoms. The minimum atomic E-state index is -1.49. The monoisotopic (exact) mass is 144 g/mol. The van der Waals surface area contributed by atoms with Crippen LogP contribution in [0.3, 0.4) is 0 Å². The first kappa shape index (κ1) is 9.22. The van der Waals surface area contributed by atoms with Crippen molar-refractivity contribution >= 4 is 12.8 Å². The molecule has 10 heavy (non-hydrogen) atoms. The molecule has 0 amide bonds. The van der Waals surface area contributed by atoms with E-state index in [4.69, 9.17) is 14.5 Å². The number of rotatable bonds is 1. The molecule has 56 valence electrons. The predicted molar refractivity (Wildman–Crippen MR) is 36.9 cm³/mol. The Morgan fingerprint density at radius 2 is 2.00 bits per heavy atom. The first-order valence-electron chi connectivity index (χ1n) is 2.62. The summed E-state index contributed by atoms with van der Waals surface area (Å²) in [5.74, 6) is 0.679. The molecule has 0 fully saturated rings. The lowest BCUT2D eigenvalue weighted by Crippen LogP contribution is -2.27. The van der Waals surface area contributed by atoms with Crippen molar-refractivity contribution in [1.29, 1.82) is 0 Å². The van der Waals surface area contributed by atoms with Crippen LogP contribution in [0.25, 0.3) is 0 Å². The maximum absolute atomic E-state index is 8.50. The standard InChI is InChI=1S/C5H7BO3.H2O/c1-4-2-3-5(9-4)6(7)8;/h2-3,7-8H,1H3;1H2. The van der Waals surface area contributed by atoms with Gasteiger partial charge in [-0.2, -0.15) is 0 Å². The average molecular weight is 144 g/mol. The molecule has 4 nitrogen and oxygen atoms in total. The number of hydrogen-bond donors (Lipinski definition) is 2. The third-order valence-electron chi connectivity index (χ3n) is 1.02. The van der Waals surface area contributed by atoms with Crippen LogP contribution < -0.4 is 5.66 Å². The lowest BCUT2D eigenvalue weighted by Gasteiger charge is -1.88. The summed E-state index contributed by atoms with van der Waals surface area (Å²) in [4.78, 5) is 0. The Kier molecular flexibility index (Phi) is 3.14. The molecule has 0 saturated heterocycles. The van der Waals surface area contributed by atoms with Gasteiger partial charge in [0.05, 0.1) is 5.76 Å². The Labute approximate surface area is 58.6 Å². The van der Waals surface area contributed by atoms with Crippen molar-refractivity contribution in [3.05, 3.63) is 17.9 Å². The lowest BCUT2D eigenvalue weighted by atomic mass is 9.88. The molecule has 1 aromatic heterocycles. The minimum absolute atomic E-state index is 0. The Balaban J connectivity index is 0.000000810. The third kappa shape index (κ3) is 1.87. The first-order valence-corrected chi connectivity index (χ1v) is 2.62. The van der Waals surface area contributed by atoms with Gasteiger partial charge < -0.3 is 19.9 Å². The SMILES string of the molecule is Cc1ccc(B(O)O)o1.O. The van der Waals surface area contributed by atoms with Gasteiger partial charge in [0.1, 0.15) is 5.66 Å². The highest BCUT2D eigenvalue weighted by molar-refractivity contribution is 6.56. The summed E-state index contributed by atoms with van der Waals surface area (Å²) < 4.78 is 4.84. The quantitative estimate of drug-likeness (QED) is 0.467. The molecule has 0 saturated carbocycles. The van der Waals surface area contributed by atoms with Crippen molar-refractivity contribution in [2.75, 3.05) is 0 Å². The van der Waals surface area contributed by atoms with Gasteiger partial charge >= 0.3 is 7.12 Å². The zero-order valence-corrected chi connectivity index (χ0v) is 5.53. The van der Waals surface area contributed by atoms with Crippen molar-refractivity contribution in [2.24, 2.45) is 0 Å². The van der Waals surface area contributed by atoms with Gasteiger partial charge in [0.2, 0.25) is 0 Å². The summed E-state index contributed by atoms with van der Waals surface area (Å²) in [5.41, 5.74) is 0.188. The van der Waals surface area contributed by atoms with Crippen LogP contribution in [0.2, 0.25) is 0 Å². The van der Waals surface area contributed by atoms with Crippen molar-refractivity contribution in [2.45, 2.75) is 6.92 Å². The van der Waals surface area contributed by atoms with Crippen molar-refractivity contribution < 1.29 is 19.9 Å². The molecule has 0 spiro atoms. The van der Waals surface area contributed by atoms with Crippen LogP contribution >= 0.6 is 0 Å². The maximum Gasteiger partial charge on any atom is 0.526 e. The molecular weight excluding hydrogens is 135 g/mol. The normalized spacial score (nSPS) is 8.70. The predicted octanol–water partition coefficient (Wildman–Crippen LogP) is -1.56. The fourth-order valence-corrected chi connectivity index (χ4v) is 0.592. The molecule has 4 N–H and O–H groups in total. The van der Waals surface area contributed by atoms with Crippen LogP contribution in [0, 0.1) is 6.92 Å². The summed E-state index contributed by atoms with van der Waals surface area (Å²) in [6.45, 7) is 1.74. The van der Waals surface area contributed by atoms with Crippen LogP contribution in [-0.2, 0) is 0 Å². The van der Waals surface area contributed by atoms with E-state index in [9.17, 15) is 0 Å². The van der Waals surface area contributed by atoms with Crippen LogP contribution in [0.5, 0.6) is 0 Å². The van der Waals surface area contributed by atoms with E-state index in [-0.39, 0.29) is 11.1 Å². The van der Waals surface area contributed by atoms with Gasteiger partial charge in [-0.15, -0.1) is 0 Å². The van der Waals surface area contributed by atoms with E-state index >= 15 is 0 Å². The third-order valence-corrected chi connectivity index (χ3v) is 1.02. The number of hydrogen-bond acceptors (Lipinski definition) is 3. The minimum Gasteiger partial charge on any atom is -0.470 e. The molecule has 0 unspecified atom stereocenters. The van der Waals surface area contributed by atoms with Gasteiger partial charge in [-0.05, 0) is 19.1 Å². The van der Waals surface area contributed by atoms with Crippen molar-refractivity contribution in [1.82, 2.24) is 0 Å². The summed E-state index contributed by atoms with van der Waals surface area (Å²) >= 11 is 0. The summed E-state index contributed by atoms with van der Waals surface area (Å²) in [6, 6.07) is 3.20. The Bertz CT molecular complexity index is 195. The highest BCUT2D eigenvalue weighted by Gasteiger charge is 2.14. The van der Waals surface area contributed by atoms with Gasteiger partial charge in [-0.3, -0.25) is 0 Å². The largest absolute Gasteiger partial charge is 0.526 e. The van der Waals surface area contributed by atoms with E-state index in [1.54, 1.807) is 13.0 Å². The fourth-order valence-electron chi connectivity index (χ4n) is 0.592. The molecule has 1 rings (SSSR count). The van der Waals surface area contributed by atoms with Gasteiger partial charge in [-0.25, -0.2) is 0 Å². The van der Waals surface area contributed by atoms with Crippen molar-refractivity contribution in [3.63, 3.8) is 0 Å². The molecule has 0 aliphatic rings. The summed E-state index contributed by atoms with van der Waals surface area (Å²) in [7, 11) is -1.49. The number of furan rings is 1. The molecule has 0 aromatic carbocycles. The maximum atomic E-state index is 8.50. The molecule has 0 atom stereocenters. The van der Waals surface area contributed by atoms with Crippen LogP contribution in [0.4, 0.5) is 0 Å². The smallest absolute Gasteiger partial charge is 0.470 e. The Morgan fingerprint density at radius 3 is 2.20 bits per heavy atom. The van der Waals surface area contributed by atoms with Gasteiger partial charge in [0.15, 0.2) is 0 Å². The second kappa shape index (κ2) is 3.41. The van der Waals surface area contributed by atoms with E-state index < -0.39 is 7.12 Å². The highest BCUT2D eigenvalue weighted by atomic mass is 16.4. The Morgan fingerprint density at radius 1 is 1.40 bits per heavy atom. The van der Waals surface area contributed by atoms with Gasteiger partial charge in [0, 0.05) is 0 Å². The first-order chi connectivity index (χ1) is 4.20. The van der Waals surface area contributed by atoms with E-state index in [0.717, 1.165) is 0 Å². The Hall–Kier alpha value is -0.775. The molecule has 0 bridgehead atoms. The van der Waals surface area contributed by atoms with Crippen LogP contribution in [0.15, 0.2) is 16.5 Å². The average Bonchev–Trinajstić information content (AvgIpc) is 2.14. The molecule has 1 heterocycles. The highest BCUT2D eigenvalue weighted by Crippen LogP contribution is 1.93. The molecule has 0 radical (unpaired) electrons. The van der Waals surface area contributed by atoms with E-state index in [1.807, 2.05) is 0 Å². The van der Waals surface area contributed by atoms with Gasteiger partial charge in [0.25, 0.3) is 0 Å². The summed E-state index contributed by atoms with van der Waals surface area (Å²) in [6.07, 6.45) is 0. The number of aryl methyl sites for hydroxylation is 1. The molecular formula is C5H9BO4. The lowest BCUT2D eigenvalue weighted by molar-refractivity contribution is 0.407. The molecule has 0 aliphatic heterocycles. The van der Waals surface area contributed by atoms with E-state index in [1.165, 1.54) is 6.07 Å². The van der Waals surface area contributed by atoms with Gasteiger partial charge in [-0.1, -0.05) is 0 Å². The van der Waals surface area contributed by atoms with Crippen molar-refractivity contribution in [3.8, 4) is 0 Å². The van der Waals surface area contributed by atoms with E-state index in [0.29, 0.717) is 5.76 Å². The molecule has 0 aliphatic carbocycles.